The molecular formula is C44H61N5O7S. The normalized spacial score (nSPS) is 17.2. The number of nitrogens with zero attached hydrogens (tertiary/aromatic N) is 3. The van der Waals surface area contributed by atoms with Crippen LogP contribution in [0, 0.1) is 17.8 Å². The molecule has 1 aliphatic heterocycles. The zero-order chi connectivity index (χ0) is 41.6. The van der Waals surface area contributed by atoms with Gasteiger partial charge in [-0.05, 0) is 67.8 Å². The number of Topliss-reactive ketones (excluding diaryl/α,β-unsaturated/α-hetero) is 1. The Hall–Kier alpha value is -4.46. The first-order chi connectivity index (χ1) is 27.2. The van der Waals surface area contributed by atoms with Crippen molar-refractivity contribution in [1.29, 1.82) is 0 Å². The molecule has 13 heteroatoms. The molecule has 310 valence electrons. The Labute approximate surface area is 341 Å². The van der Waals surface area contributed by atoms with Gasteiger partial charge >= 0.3 is 5.97 Å². The molecule has 1 aromatic heterocycles. The number of ether oxygens (including phenoxy) is 1. The molecule has 2 aromatic carbocycles. The van der Waals surface area contributed by atoms with Crippen molar-refractivity contribution in [1.82, 2.24) is 25.4 Å². The summed E-state index contributed by atoms with van der Waals surface area (Å²) in [5, 5.41) is 17.4. The van der Waals surface area contributed by atoms with Gasteiger partial charge in [-0.1, -0.05) is 102 Å². The van der Waals surface area contributed by atoms with Crippen molar-refractivity contribution in [3.63, 3.8) is 0 Å². The quantitative estimate of drug-likeness (QED) is 0.104. The van der Waals surface area contributed by atoms with Gasteiger partial charge in [0, 0.05) is 37.5 Å². The van der Waals surface area contributed by atoms with Crippen LogP contribution in [0.25, 0.3) is 11.1 Å². The van der Waals surface area contributed by atoms with E-state index in [2.05, 4.69) is 15.6 Å². The monoisotopic (exact) mass is 803 g/mol. The van der Waals surface area contributed by atoms with Crippen molar-refractivity contribution in [2.45, 2.75) is 104 Å². The van der Waals surface area contributed by atoms with E-state index in [1.807, 2.05) is 94.2 Å². The highest BCUT2D eigenvalue weighted by Gasteiger charge is 2.38. The summed E-state index contributed by atoms with van der Waals surface area (Å²) in [7, 11) is 3.49. The molecule has 0 bridgehead atoms. The van der Waals surface area contributed by atoms with Gasteiger partial charge < -0.3 is 25.4 Å². The SMILES string of the molecule is CCC(C)C(NC(=O)C1CCCCN1C)C(=O)N(CCOC)C(CC(=O)c1nc(C(=O)NC(Cc2ccc(-c3ccccc3)cc2)CC(C)C(=O)O)cs1)C(C)C. The van der Waals surface area contributed by atoms with Crippen LogP contribution in [0.4, 0.5) is 0 Å². The maximum Gasteiger partial charge on any atom is 0.306 e. The van der Waals surface area contributed by atoms with Gasteiger partial charge in [-0.25, -0.2) is 4.98 Å². The highest BCUT2D eigenvalue weighted by molar-refractivity contribution is 7.12. The maximum atomic E-state index is 14.5. The lowest BCUT2D eigenvalue weighted by Gasteiger charge is -2.39. The summed E-state index contributed by atoms with van der Waals surface area (Å²) < 4.78 is 5.40. The summed E-state index contributed by atoms with van der Waals surface area (Å²) in [5.74, 6) is -3.16. The number of carbonyl (C=O) groups is 5. The van der Waals surface area contributed by atoms with E-state index in [1.165, 1.54) is 5.38 Å². The number of piperidine rings is 1. The zero-order valence-electron chi connectivity index (χ0n) is 34.5. The fraction of sp³-hybridized carbons (Fsp3) is 0.545. The molecule has 3 aromatic rings. The van der Waals surface area contributed by atoms with Crippen molar-refractivity contribution in [3.8, 4) is 11.1 Å². The minimum Gasteiger partial charge on any atom is -0.481 e. The van der Waals surface area contributed by atoms with E-state index < -0.39 is 35.9 Å². The molecule has 6 atom stereocenters. The number of carboxylic acid groups (broad SMARTS) is 1. The fourth-order valence-electron chi connectivity index (χ4n) is 7.36. The molecule has 1 fully saturated rings. The Kier molecular flexibility index (Phi) is 17.4. The van der Waals surface area contributed by atoms with Crippen LogP contribution in [0.3, 0.4) is 0 Å². The molecule has 3 N–H and O–H groups in total. The summed E-state index contributed by atoms with van der Waals surface area (Å²) in [6, 6.07) is 15.8. The third-order valence-electron chi connectivity index (χ3n) is 11.1. The third kappa shape index (κ3) is 12.8. The van der Waals surface area contributed by atoms with Crippen LogP contribution in [0.2, 0.25) is 0 Å². The number of likely N-dealkylation sites (tertiary alicyclic amines) is 1. The number of carboxylic acids is 1. The Morgan fingerprint density at radius 3 is 2.28 bits per heavy atom. The number of nitrogens with one attached hydrogen (secondary N) is 2. The Morgan fingerprint density at radius 2 is 1.67 bits per heavy atom. The van der Waals surface area contributed by atoms with Crippen LogP contribution in [0.15, 0.2) is 60.0 Å². The van der Waals surface area contributed by atoms with Gasteiger partial charge in [0.15, 0.2) is 10.8 Å². The van der Waals surface area contributed by atoms with Crippen LogP contribution in [-0.4, -0.2) is 107 Å². The maximum absolute atomic E-state index is 14.5. The predicted octanol–water partition coefficient (Wildman–Crippen LogP) is 6.35. The number of ketones is 1. The Morgan fingerprint density at radius 1 is 0.982 bits per heavy atom. The summed E-state index contributed by atoms with van der Waals surface area (Å²) in [4.78, 5) is 75.4. The second kappa shape index (κ2) is 21.9. The largest absolute Gasteiger partial charge is 0.481 e. The van der Waals surface area contributed by atoms with Crippen LogP contribution < -0.4 is 10.6 Å². The van der Waals surface area contributed by atoms with Gasteiger partial charge in [0.1, 0.15) is 11.7 Å². The number of carbonyl (C=O) groups excluding carboxylic acids is 4. The average molecular weight is 804 g/mol. The van der Waals surface area contributed by atoms with E-state index in [-0.39, 0.29) is 72.2 Å². The van der Waals surface area contributed by atoms with E-state index in [4.69, 9.17) is 4.74 Å². The van der Waals surface area contributed by atoms with E-state index in [0.717, 1.165) is 53.8 Å². The zero-order valence-corrected chi connectivity index (χ0v) is 35.3. The molecule has 1 saturated heterocycles. The summed E-state index contributed by atoms with van der Waals surface area (Å²) >= 11 is 1.06. The smallest absolute Gasteiger partial charge is 0.306 e. The second-order valence-corrected chi connectivity index (χ2v) is 16.6. The average Bonchev–Trinajstić information content (AvgIpc) is 3.71. The third-order valence-corrected chi connectivity index (χ3v) is 12.0. The van der Waals surface area contributed by atoms with Crippen molar-refractivity contribution >= 4 is 40.8 Å². The molecule has 0 saturated carbocycles. The lowest BCUT2D eigenvalue weighted by atomic mass is 9.92. The molecule has 2 heterocycles. The topological polar surface area (TPSA) is 158 Å². The number of aromatic nitrogens is 1. The first-order valence-corrected chi connectivity index (χ1v) is 21.1. The fourth-order valence-corrected chi connectivity index (χ4v) is 8.11. The first kappa shape index (κ1) is 45.2. The number of methoxy groups -OCH3 is 1. The van der Waals surface area contributed by atoms with E-state index in [9.17, 15) is 29.1 Å². The molecule has 57 heavy (non-hydrogen) atoms. The van der Waals surface area contributed by atoms with Crippen molar-refractivity contribution in [2.75, 3.05) is 33.9 Å². The predicted molar refractivity (Wildman–Crippen MR) is 223 cm³/mol. The molecule has 6 unspecified atom stereocenters. The first-order valence-electron chi connectivity index (χ1n) is 20.2. The van der Waals surface area contributed by atoms with E-state index in [0.29, 0.717) is 12.8 Å². The van der Waals surface area contributed by atoms with Crippen LogP contribution >= 0.6 is 11.3 Å². The number of rotatable bonds is 21. The minimum absolute atomic E-state index is 0.0358. The van der Waals surface area contributed by atoms with Crippen LogP contribution in [-0.2, 0) is 25.5 Å². The molecule has 4 rings (SSSR count). The van der Waals surface area contributed by atoms with Crippen molar-refractivity contribution in [2.24, 2.45) is 17.8 Å². The molecular weight excluding hydrogens is 743 g/mol. The highest BCUT2D eigenvalue weighted by Crippen LogP contribution is 2.25. The van der Waals surface area contributed by atoms with Crippen molar-refractivity contribution < 1.29 is 33.8 Å². The minimum atomic E-state index is -0.956. The summed E-state index contributed by atoms with van der Waals surface area (Å²) in [5.41, 5.74) is 3.14. The summed E-state index contributed by atoms with van der Waals surface area (Å²) in [6.45, 7) is 10.8. The molecule has 1 aliphatic rings. The Bertz CT molecular complexity index is 1780. The number of thiazole rings is 1. The second-order valence-electron chi connectivity index (χ2n) is 15.8. The van der Waals surface area contributed by atoms with Gasteiger partial charge in [-0.2, -0.15) is 0 Å². The van der Waals surface area contributed by atoms with E-state index >= 15 is 0 Å². The van der Waals surface area contributed by atoms with Gasteiger partial charge in [0.05, 0.1) is 18.6 Å². The van der Waals surface area contributed by atoms with Crippen LogP contribution in [0.5, 0.6) is 0 Å². The van der Waals surface area contributed by atoms with Crippen LogP contribution in [0.1, 0.15) is 99.0 Å². The van der Waals surface area contributed by atoms with Gasteiger partial charge in [0.25, 0.3) is 5.91 Å². The lowest BCUT2D eigenvalue weighted by molar-refractivity contribution is -0.142. The summed E-state index contributed by atoms with van der Waals surface area (Å²) in [6.07, 6.45) is 3.97. The number of aliphatic carboxylic acids is 1. The lowest BCUT2D eigenvalue weighted by Crippen LogP contribution is -2.59. The molecule has 0 radical (unpaired) electrons. The highest BCUT2D eigenvalue weighted by atomic mass is 32.1. The molecule has 0 aliphatic carbocycles. The number of hydrogen-bond donors (Lipinski definition) is 3. The van der Waals surface area contributed by atoms with Gasteiger partial charge in [-0.15, -0.1) is 11.3 Å². The number of hydrogen-bond acceptors (Lipinski definition) is 9. The van der Waals surface area contributed by atoms with E-state index in [1.54, 1.807) is 18.9 Å². The number of amides is 3. The van der Waals surface area contributed by atoms with Gasteiger partial charge in [0.2, 0.25) is 11.8 Å². The number of likely N-dealkylation sites (N-methyl/N-ethyl adjacent to an activating group) is 1. The Balaban J connectivity index is 1.49. The molecule has 3 amide bonds. The number of benzene rings is 2. The standard InChI is InChI=1S/C44H61N5O7S/c1-8-29(4)39(47-41(52)36-16-12-13-21-48(36)6)43(53)49(22-23-56-7)37(28(2)3)26-38(50)42-46-35(27-57-42)40(51)45-34(24-30(5)44(54)55)25-31-17-19-33(20-18-31)32-14-10-9-11-15-32/h9-11,14-15,17-20,27-30,34,36-37,39H,8,12-13,16,21-26H2,1-7H3,(H,45,51)(H,47,52)(H,54,55). The molecule has 12 nitrogen and oxygen atoms in total. The van der Waals surface area contributed by atoms with Gasteiger partial charge in [-0.3, -0.25) is 28.9 Å². The molecule has 0 spiro atoms. The van der Waals surface area contributed by atoms with Crippen molar-refractivity contribution in [3.05, 3.63) is 76.2 Å².